The Morgan fingerprint density at radius 3 is 2.64 bits per heavy atom. The van der Waals surface area contributed by atoms with Gasteiger partial charge in [-0.1, -0.05) is 0 Å². The minimum Gasteiger partial charge on any atom is -0.410 e. The number of nitrogens with zero attached hydrogens (tertiary/aromatic N) is 2. The molecule has 2 saturated heterocycles. The second kappa shape index (κ2) is 6.67. The summed E-state index contributed by atoms with van der Waals surface area (Å²) < 4.78 is 18.0. The van der Waals surface area contributed by atoms with Crippen LogP contribution in [0.1, 0.15) is 6.92 Å². The molecule has 2 aliphatic rings. The van der Waals surface area contributed by atoms with Crippen molar-refractivity contribution in [2.45, 2.75) is 25.1 Å². The summed E-state index contributed by atoms with van der Waals surface area (Å²) in [4.78, 5) is 39.5. The molecule has 3 atom stereocenters. The van der Waals surface area contributed by atoms with Crippen molar-refractivity contribution in [3.8, 4) is 5.75 Å². The number of aliphatic hydroxyl groups excluding tert-OH is 1. The first-order valence-corrected chi connectivity index (χ1v) is 7.88. The number of hydrogen-bond donors (Lipinski definition) is 2. The molecular weight excluding hydrogens is 333 g/mol. The van der Waals surface area contributed by atoms with Crippen molar-refractivity contribution in [1.29, 1.82) is 0 Å². The van der Waals surface area contributed by atoms with Crippen LogP contribution in [0, 0.1) is 5.82 Å². The summed E-state index contributed by atoms with van der Waals surface area (Å²) in [6.07, 6.45) is -1.68. The number of ether oxygens (including phenoxy) is 1. The highest BCUT2D eigenvalue weighted by Gasteiger charge is 2.45. The Labute approximate surface area is 143 Å². The van der Waals surface area contributed by atoms with E-state index in [-0.39, 0.29) is 31.3 Å². The lowest BCUT2D eigenvalue weighted by Gasteiger charge is -2.45. The molecule has 0 spiro atoms. The van der Waals surface area contributed by atoms with Crippen molar-refractivity contribution >= 4 is 17.9 Å². The summed E-state index contributed by atoms with van der Waals surface area (Å²) in [7, 11) is 0. The predicted molar refractivity (Wildman–Crippen MR) is 83.1 cm³/mol. The van der Waals surface area contributed by atoms with E-state index in [0.717, 1.165) is 0 Å². The molecule has 3 rings (SSSR count). The molecule has 2 fully saturated rings. The van der Waals surface area contributed by atoms with Crippen molar-refractivity contribution in [1.82, 2.24) is 15.1 Å². The van der Waals surface area contributed by atoms with Crippen LogP contribution < -0.4 is 10.1 Å². The summed E-state index contributed by atoms with van der Waals surface area (Å²) >= 11 is 0. The SMILES string of the molecule is C[C@@H](O)[C@@H]1NC(=O)[C@H]2CN(C(=O)Oc3ccc(F)cc3)CCN2C1=O. The fourth-order valence-corrected chi connectivity index (χ4v) is 2.92. The van der Waals surface area contributed by atoms with E-state index in [1.165, 1.54) is 41.0 Å². The van der Waals surface area contributed by atoms with Crippen LogP contribution in [0.15, 0.2) is 24.3 Å². The topological polar surface area (TPSA) is 99.2 Å². The lowest BCUT2D eigenvalue weighted by Crippen LogP contribution is -2.71. The number of amides is 3. The highest BCUT2D eigenvalue weighted by molar-refractivity contribution is 5.98. The molecule has 0 saturated carbocycles. The minimum absolute atomic E-state index is 0.00979. The second-order valence-corrected chi connectivity index (χ2v) is 6.04. The van der Waals surface area contributed by atoms with Gasteiger partial charge < -0.3 is 25.0 Å². The molecule has 1 aromatic carbocycles. The number of rotatable bonds is 2. The Morgan fingerprint density at radius 2 is 2.00 bits per heavy atom. The lowest BCUT2D eigenvalue weighted by molar-refractivity contribution is -0.155. The van der Waals surface area contributed by atoms with E-state index in [1.807, 2.05) is 0 Å². The van der Waals surface area contributed by atoms with Gasteiger partial charge in [-0.2, -0.15) is 0 Å². The summed E-state index contributed by atoms with van der Waals surface area (Å²) in [5.74, 6) is -1.05. The van der Waals surface area contributed by atoms with E-state index >= 15 is 0 Å². The van der Waals surface area contributed by atoms with E-state index in [1.54, 1.807) is 0 Å². The molecule has 0 aromatic heterocycles. The van der Waals surface area contributed by atoms with Crippen LogP contribution in [0.25, 0.3) is 0 Å². The Hall–Kier alpha value is -2.68. The number of carbonyl (C=O) groups excluding carboxylic acids is 3. The molecule has 0 bridgehead atoms. The molecule has 0 aliphatic carbocycles. The monoisotopic (exact) mass is 351 g/mol. The second-order valence-electron chi connectivity index (χ2n) is 6.04. The molecule has 0 radical (unpaired) electrons. The first-order chi connectivity index (χ1) is 11.9. The molecule has 2 N–H and O–H groups in total. The Kier molecular flexibility index (Phi) is 4.58. The highest BCUT2D eigenvalue weighted by atomic mass is 19.1. The van der Waals surface area contributed by atoms with Crippen LogP contribution >= 0.6 is 0 Å². The van der Waals surface area contributed by atoms with Gasteiger partial charge in [0.2, 0.25) is 11.8 Å². The van der Waals surface area contributed by atoms with Crippen LogP contribution in [0.5, 0.6) is 5.75 Å². The van der Waals surface area contributed by atoms with E-state index in [9.17, 15) is 23.9 Å². The number of piperazine rings is 2. The molecule has 2 heterocycles. The van der Waals surface area contributed by atoms with Crippen molar-refractivity contribution < 1.29 is 28.6 Å². The van der Waals surface area contributed by atoms with Crippen molar-refractivity contribution in [3.63, 3.8) is 0 Å². The van der Waals surface area contributed by atoms with E-state index < -0.39 is 36.0 Å². The molecule has 9 heteroatoms. The number of nitrogens with one attached hydrogen (secondary N) is 1. The Balaban J connectivity index is 1.66. The van der Waals surface area contributed by atoms with E-state index in [0.29, 0.717) is 0 Å². The molecule has 25 heavy (non-hydrogen) atoms. The quantitative estimate of drug-likeness (QED) is 0.763. The lowest BCUT2D eigenvalue weighted by atomic mass is 10.0. The summed E-state index contributed by atoms with van der Waals surface area (Å²) in [6, 6.07) is 3.20. The van der Waals surface area contributed by atoms with Gasteiger partial charge in [-0.15, -0.1) is 0 Å². The number of hydrogen-bond acceptors (Lipinski definition) is 5. The summed E-state index contributed by atoms with van der Waals surface area (Å²) in [5.41, 5.74) is 0. The molecule has 8 nitrogen and oxygen atoms in total. The first kappa shape index (κ1) is 17.2. The largest absolute Gasteiger partial charge is 0.415 e. The third kappa shape index (κ3) is 3.41. The van der Waals surface area contributed by atoms with E-state index in [4.69, 9.17) is 4.74 Å². The van der Waals surface area contributed by atoms with Gasteiger partial charge in [0.1, 0.15) is 23.7 Å². The Bertz CT molecular complexity index is 694. The van der Waals surface area contributed by atoms with Gasteiger partial charge in [-0.25, -0.2) is 9.18 Å². The zero-order chi connectivity index (χ0) is 18.1. The highest BCUT2D eigenvalue weighted by Crippen LogP contribution is 2.19. The first-order valence-electron chi connectivity index (χ1n) is 7.88. The zero-order valence-corrected chi connectivity index (χ0v) is 13.5. The molecule has 134 valence electrons. The molecule has 0 unspecified atom stereocenters. The summed E-state index contributed by atoms with van der Waals surface area (Å²) in [6.45, 7) is 1.78. The smallest absolute Gasteiger partial charge is 0.410 e. The van der Waals surface area contributed by atoms with Crippen LogP contribution in [0.4, 0.5) is 9.18 Å². The van der Waals surface area contributed by atoms with Gasteiger partial charge in [0.05, 0.1) is 12.6 Å². The van der Waals surface area contributed by atoms with Gasteiger partial charge in [0, 0.05) is 13.1 Å². The zero-order valence-electron chi connectivity index (χ0n) is 13.5. The maximum absolute atomic E-state index is 12.9. The van der Waals surface area contributed by atoms with Crippen molar-refractivity contribution in [2.24, 2.45) is 0 Å². The average molecular weight is 351 g/mol. The van der Waals surface area contributed by atoms with Crippen molar-refractivity contribution in [2.75, 3.05) is 19.6 Å². The number of carbonyl (C=O) groups is 3. The standard InChI is InChI=1S/C16H18FN3O5/c1-9(21)13-15(23)20-7-6-19(8-12(20)14(22)18-13)16(24)25-11-4-2-10(17)3-5-11/h2-5,9,12-13,21H,6-8H2,1H3,(H,18,22)/t9-,12-,13+/m1/s1. The normalized spacial score (nSPS) is 24.4. The van der Waals surface area contributed by atoms with Crippen LogP contribution in [0.2, 0.25) is 0 Å². The fourth-order valence-electron chi connectivity index (χ4n) is 2.92. The van der Waals surface area contributed by atoms with Crippen LogP contribution in [0.3, 0.4) is 0 Å². The van der Waals surface area contributed by atoms with E-state index in [2.05, 4.69) is 5.32 Å². The third-order valence-electron chi connectivity index (χ3n) is 4.29. The fraction of sp³-hybridized carbons (Fsp3) is 0.438. The number of benzene rings is 1. The van der Waals surface area contributed by atoms with Gasteiger partial charge in [-0.05, 0) is 31.2 Å². The predicted octanol–water partition coefficient (Wildman–Crippen LogP) is -0.284. The van der Waals surface area contributed by atoms with Crippen LogP contribution in [-0.2, 0) is 9.59 Å². The number of fused-ring (bicyclic) bond motifs is 1. The average Bonchev–Trinajstić information content (AvgIpc) is 2.59. The van der Waals surface area contributed by atoms with Gasteiger partial charge in [-0.3, -0.25) is 9.59 Å². The number of halogens is 1. The Morgan fingerprint density at radius 1 is 1.32 bits per heavy atom. The van der Waals surface area contributed by atoms with Gasteiger partial charge in [0.15, 0.2) is 0 Å². The molecule has 3 amide bonds. The molecule has 2 aliphatic heterocycles. The van der Waals surface area contributed by atoms with Gasteiger partial charge in [0.25, 0.3) is 0 Å². The number of aliphatic hydroxyl groups is 1. The maximum Gasteiger partial charge on any atom is 0.415 e. The van der Waals surface area contributed by atoms with Crippen molar-refractivity contribution in [3.05, 3.63) is 30.1 Å². The van der Waals surface area contributed by atoms with Crippen LogP contribution in [-0.4, -0.2) is 70.6 Å². The third-order valence-corrected chi connectivity index (χ3v) is 4.29. The minimum atomic E-state index is -1.00. The maximum atomic E-state index is 12.9. The van der Waals surface area contributed by atoms with Gasteiger partial charge >= 0.3 is 6.09 Å². The summed E-state index contributed by atoms with van der Waals surface area (Å²) in [5, 5.41) is 12.1. The molecular formula is C16H18FN3O5. The molecule has 1 aromatic rings.